The molecule has 2 rings (SSSR count). The smallest absolute Gasteiger partial charge is 0.352 e. The average Bonchev–Trinajstić information content (AvgIpc) is 2.86. The van der Waals surface area contributed by atoms with Crippen LogP contribution in [0.2, 0.25) is 0 Å². The van der Waals surface area contributed by atoms with E-state index in [9.17, 15) is 14.7 Å². The van der Waals surface area contributed by atoms with Gasteiger partial charge < -0.3 is 5.11 Å². The van der Waals surface area contributed by atoms with Crippen LogP contribution in [-0.2, 0) is 0 Å². The van der Waals surface area contributed by atoms with Gasteiger partial charge in [0, 0.05) is 0 Å². The number of benzene rings is 1. The van der Waals surface area contributed by atoms with Gasteiger partial charge in [-0.2, -0.15) is 0 Å². The van der Waals surface area contributed by atoms with Gasteiger partial charge in [0.1, 0.15) is 0 Å². The first-order valence-corrected chi connectivity index (χ1v) is 7.83. The van der Waals surface area contributed by atoms with Crippen LogP contribution < -0.4 is 11.4 Å². The summed E-state index contributed by atoms with van der Waals surface area (Å²) in [6.45, 7) is 7.68. The van der Waals surface area contributed by atoms with Crippen molar-refractivity contribution in [2.75, 3.05) is 0 Å². The molecule has 0 saturated carbocycles. The molecule has 1 heterocycles. The number of hydrogen-bond donors (Lipinski definition) is 2. The number of nitrogens with one attached hydrogen (secondary N) is 1. The highest BCUT2D eigenvalue weighted by Crippen LogP contribution is 2.19. The number of rotatable bonds is 7. The van der Waals surface area contributed by atoms with Crippen molar-refractivity contribution in [2.24, 2.45) is 0 Å². The van der Waals surface area contributed by atoms with Crippen LogP contribution in [0.1, 0.15) is 39.2 Å². The Kier molecular flexibility index (Phi) is 5.39. The van der Waals surface area contributed by atoms with Crippen LogP contribution in [0.4, 0.5) is 0 Å². The van der Waals surface area contributed by atoms with E-state index in [1.807, 2.05) is 13.0 Å². The number of H-pyrrole nitrogens is 1. The largest absolute Gasteiger partial charge is 0.389 e. The summed E-state index contributed by atoms with van der Waals surface area (Å²) >= 11 is 0. The van der Waals surface area contributed by atoms with E-state index < -0.39 is 23.5 Å². The first-order chi connectivity index (χ1) is 11.0. The molecule has 0 aliphatic rings. The highest BCUT2D eigenvalue weighted by atomic mass is 16.3. The molecule has 2 atom stereocenters. The zero-order valence-electron chi connectivity index (χ0n) is 13.5. The molecule has 6 nitrogen and oxygen atoms in total. The molecule has 0 fully saturated rings. The average molecular weight is 317 g/mol. The van der Waals surface area contributed by atoms with Crippen LogP contribution in [0.5, 0.6) is 0 Å². The Labute approximate surface area is 134 Å². The van der Waals surface area contributed by atoms with E-state index >= 15 is 0 Å². The molecule has 0 amide bonds. The lowest BCUT2D eigenvalue weighted by Crippen LogP contribution is -2.30. The van der Waals surface area contributed by atoms with Gasteiger partial charge in [0.05, 0.1) is 17.8 Å². The summed E-state index contributed by atoms with van der Waals surface area (Å²) < 4.78 is 2.29. The van der Waals surface area contributed by atoms with Crippen LogP contribution in [0, 0.1) is 0 Å². The third kappa shape index (κ3) is 3.53. The third-order valence-corrected chi connectivity index (χ3v) is 4.01. The van der Waals surface area contributed by atoms with Crippen molar-refractivity contribution in [3.63, 3.8) is 0 Å². The predicted molar refractivity (Wildman–Crippen MR) is 90.0 cm³/mol. The molecule has 124 valence electrons. The molecule has 23 heavy (non-hydrogen) atoms. The molecule has 0 aliphatic heterocycles. The van der Waals surface area contributed by atoms with Gasteiger partial charge in [-0.15, -0.1) is 0 Å². The summed E-state index contributed by atoms with van der Waals surface area (Å²) in [4.78, 5) is 24.7. The SMILES string of the molecule is C=C([C@@H](C)n1[nH]c(=O)n(-c2ccccc2)c1=O)[C@@H](O)CCCC. The number of aliphatic hydroxyl groups excluding tert-OH is 1. The normalized spacial score (nSPS) is 13.7. The lowest BCUT2D eigenvalue weighted by molar-refractivity contribution is 0.184. The maximum atomic E-state index is 12.5. The maximum Gasteiger partial charge on any atom is 0.352 e. The summed E-state index contributed by atoms with van der Waals surface area (Å²) in [5.74, 6) is 0. The Hall–Kier alpha value is -2.34. The number of unbranched alkanes of at least 4 members (excludes halogenated alkanes) is 1. The van der Waals surface area contributed by atoms with Gasteiger partial charge in [-0.25, -0.2) is 23.9 Å². The Morgan fingerprint density at radius 2 is 1.96 bits per heavy atom. The van der Waals surface area contributed by atoms with E-state index in [2.05, 4.69) is 11.7 Å². The van der Waals surface area contributed by atoms with Crippen molar-refractivity contribution in [2.45, 2.75) is 45.3 Å². The molecule has 0 spiro atoms. The fourth-order valence-corrected chi connectivity index (χ4v) is 2.49. The van der Waals surface area contributed by atoms with Gasteiger partial charge in [0.25, 0.3) is 0 Å². The zero-order chi connectivity index (χ0) is 17.0. The standard InChI is InChI=1S/C17H23N3O3/c1-4-5-11-15(21)12(2)13(3)20-17(23)19(16(22)18-20)14-9-7-6-8-10-14/h6-10,13,15,21H,2,4-5,11H2,1,3H3,(H,18,22)/t13-,15+/m1/s1. The van der Waals surface area contributed by atoms with E-state index in [0.29, 0.717) is 17.7 Å². The lowest BCUT2D eigenvalue weighted by atomic mass is 10.0. The van der Waals surface area contributed by atoms with Gasteiger partial charge >= 0.3 is 11.4 Å². The van der Waals surface area contributed by atoms with Gasteiger partial charge in [-0.05, 0) is 31.1 Å². The van der Waals surface area contributed by atoms with Gasteiger partial charge in [-0.1, -0.05) is 44.5 Å². The summed E-state index contributed by atoms with van der Waals surface area (Å²) in [7, 11) is 0. The summed E-state index contributed by atoms with van der Waals surface area (Å²) in [6.07, 6.45) is 1.75. The Morgan fingerprint density at radius 3 is 2.57 bits per heavy atom. The lowest BCUT2D eigenvalue weighted by Gasteiger charge is -2.19. The fraction of sp³-hybridized carbons (Fsp3) is 0.412. The summed E-state index contributed by atoms with van der Waals surface area (Å²) in [6, 6.07) is 8.22. The highest BCUT2D eigenvalue weighted by Gasteiger charge is 2.21. The van der Waals surface area contributed by atoms with Gasteiger partial charge in [0.15, 0.2) is 0 Å². The topological polar surface area (TPSA) is 80.0 Å². The van der Waals surface area contributed by atoms with Crippen LogP contribution >= 0.6 is 0 Å². The van der Waals surface area contributed by atoms with Gasteiger partial charge in [-0.3, -0.25) is 0 Å². The van der Waals surface area contributed by atoms with Crippen molar-refractivity contribution in [3.8, 4) is 5.69 Å². The van der Waals surface area contributed by atoms with Crippen LogP contribution in [0.15, 0.2) is 52.1 Å². The second-order valence-corrected chi connectivity index (χ2v) is 5.65. The third-order valence-electron chi connectivity index (χ3n) is 4.01. The van der Waals surface area contributed by atoms with E-state index in [-0.39, 0.29) is 0 Å². The van der Waals surface area contributed by atoms with Crippen LogP contribution in [-0.4, -0.2) is 25.6 Å². The van der Waals surface area contributed by atoms with Crippen LogP contribution in [0.25, 0.3) is 5.69 Å². The Balaban J connectivity index is 2.33. The van der Waals surface area contributed by atoms with E-state index in [1.165, 1.54) is 4.68 Å². The van der Waals surface area contributed by atoms with Crippen molar-refractivity contribution < 1.29 is 5.11 Å². The first kappa shape index (κ1) is 17.0. The molecule has 0 aliphatic carbocycles. The molecule has 0 bridgehead atoms. The quantitative estimate of drug-likeness (QED) is 0.767. The van der Waals surface area contributed by atoms with E-state index in [0.717, 1.165) is 17.4 Å². The minimum absolute atomic E-state index is 0.474. The number of nitrogens with zero attached hydrogens (tertiary/aromatic N) is 2. The molecule has 0 saturated heterocycles. The van der Waals surface area contributed by atoms with Crippen molar-refractivity contribution in [3.05, 3.63) is 63.5 Å². The molecule has 2 N–H and O–H groups in total. The van der Waals surface area contributed by atoms with E-state index in [1.54, 1.807) is 31.2 Å². The second kappa shape index (κ2) is 7.28. The molecular weight excluding hydrogens is 294 g/mol. The summed E-state index contributed by atoms with van der Waals surface area (Å²) in [5.41, 5.74) is 0.0327. The molecule has 1 aromatic heterocycles. The summed E-state index contributed by atoms with van der Waals surface area (Å²) in [5, 5.41) is 12.7. The minimum atomic E-state index is -0.694. The molecule has 2 aromatic rings. The number of aliphatic hydroxyl groups is 1. The number of para-hydroxylation sites is 1. The van der Waals surface area contributed by atoms with E-state index in [4.69, 9.17) is 0 Å². The minimum Gasteiger partial charge on any atom is -0.389 e. The Bertz CT molecular complexity index is 770. The molecule has 6 heteroatoms. The molecule has 0 radical (unpaired) electrons. The number of aromatic amines is 1. The maximum absolute atomic E-state index is 12.5. The number of aromatic nitrogens is 3. The van der Waals surface area contributed by atoms with Crippen molar-refractivity contribution in [1.29, 1.82) is 0 Å². The van der Waals surface area contributed by atoms with Crippen molar-refractivity contribution >= 4 is 0 Å². The second-order valence-electron chi connectivity index (χ2n) is 5.65. The number of hydrogen-bond acceptors (Lipinski definition) is 3. The molecule has 0 unspecified atom stereocenters. The van der Waals surface area contributed by atoms with Crippen molar-refractivity contribution in [1.82, 2.24) is 14.3 Å². The monoisotopic (exact) mass is 317 g/mol. The van der Waals surface area contributed by atoms with Gasteiger partial charge in [0.2, 0.25) is 0 Å². The molecular formula is C17H23N3O3. The highest BCUT2D eigenvalue weighted by molar-refractivity contribution is 5.30. The first-order valence-electron chi connectivity index (χ1n) is 7.83. The fourth-order valence-electron chi connectivity index (χ4n) is 2.49. The Morgan fingerprint density at radius 1 is 1.30 bits per heavy atom. The predicted octanol–water partition coefficient (Wildman–Crippen LogP) is 2.00. The molecule has 1 aromatic carbocycles. The zero-order valence-corrected chi connectivity index (χ0v) is 13.5. The van der Waals surface area contributed by atoms with Crippen LogP contribution in [0.3, 0.4) is 0 Å².